The SMILES string of the molecule is Cc1nn(-c2cc(S(=O)(=O)O)ccc2S(=O)(=O)O)c(N=Nc2c(-c3ccccc3)[nH]n3nc(Cc4ccc([N+](=O)[O-])cc4)nc23)c1C#N. The number of rotatable bonds is 9. The molecule has 20 heteroatoms. The number of aryl methyl sites for hydroxylation is 1. The maximum Gasteiger partial charge on any atom is 0.296 e. The Morgan fingerprint density at radius 3 is 2.31 bits per heavy atom. The number of nitro groups is 1. The van der Waals surface area contributed by atoms with E-state index in [2.05, 4.69) is 30.5 Å². The second kappa shape index (κ2) is 11.9. The number of azo groups is 1. The quantitative estimate of drug-likeness (QED) is 0.0820. The number of aromatic amines is 1. The highest BCUT2D eigenvalue weighted by atomic mass is 32.2. The summed E-state index contributed by atoms with van der Waals surface area (Å²) in [5.41, 5.74) is 1.37. The summed E-state index contributed by atoms with van der Waals surface area (Å²) in [6, 6.07) is 19.0. The van der Waals surface area contributed by atoms with Crippen LogP contribution in [0.15, 0.2) is 92.8 Å². The average molecular weight is 689 g/mol. The van der Waals surface area contributed by atoms with E-state index in [-0.39, 0.29) is 40.5 Å². The molecule has 0 aliphatic rings. The lowest BCUT2D eigenvalue weighted by Gasteiger charge is -2.10. The molecular formula is C28H20N10O8S2. The monoisotopic (exact) mass is 688 g/mol. The first-order chi connectivity index (χ1) is 22.7. The highest BCUT2D eigenvalue weighted by molar-refractivity contribution is 7.86. The molecular weight excluding hydrogens is 669 g/mol. The lowest BCUT2D eigenvalue weighted by Crippen LogP contribution is -2.09. The van der Waals surface area contributed by atoms with E-state index in [4.69, 9.17) is 0 Å². The molecule has 0 atom stereocenters. The molecule has 3 aromatic heterocycles. The van der Waals surface area contributed by atoms with E-state index in [9.17, 15) is 41.3 Å². The van der Waals surface area contributed by atoms with Crippen molar-refractivity contribution < 1.29 is 30.9 Å². The molecule has 0 bridgehead atoms. The van der Waals surface area contributed by atoms with Crippen LogP contribution in [0.25, 0.3) is 22.6 Å². The van der Waals surface area contributed by atoms with E-state index in [0.717, 1.165) is 22.9 Å². The van der Waals surface area contributed by atoms with Crippen LogP contribution in [0.3, 0.4) is 0 Å². The van der Waals surface area contributed by atoms with Gasteiger partial charge in [0.05, 0.1) is 26.9 Å². The van der Waals surface area contributed by atoms with Crippen molar-refractivity contribution in [3.63, 3.8) is 0 Å². The van der Waals surface area contributed by atoms with Gasteiger partial charge in [0.15, 0.2) is 17.3 Å². The molecule has 0 aliphatic heterocycles. The standard InChI is InChI=1S/C28H20N10O8S2/c1-16-21(15-29)27(36(33-16)22-14-20(47(41,42)43)11-12-23(22)48(44,45)46)32-31-26-25(18-5-3-2-4-6-18)35-37-28(26)30-24(34-37)13-17-7-9-19(10-8-17)38(39)40/h2-12,14,35H,13H2,1H3,(H,41,42,43)(H,44,45,46). The fourth-order valence-corrected chi connectivity index (χ4v) is 5.95. The molecule has 0 radical (unpaired) electrons. The lowest BCUT2D eigenvalue weighted by molar-refractivity contribution is -0.384. The summed E-state index contributed by atoms with van der Waals surface area (Å²) in [7, 11) is -9.82. The maximum atomic E-state index is 12.3. The number of aromatic nitrogens is 6. The predicted octanol–water partition coefficient (Wildman–Crippen LogP) is 4.50. The second-order valence-corrected chi connectivity index (χ2v) is 13.0. The van der Waals surface area contributed by atoms with Crippen molar-refractivity contribution >= 4 is 43.1 Å². The normalized spacial score (nSPS) is 12.1. The first-order valence-electron chi connectivity index (χ1n) is 13.5. The molecule has 0 saturated heterocycles. The number of nitrogens with one attached hydrogen (secondary N) is 1. The molecule has 6 aromatic rings. The van der Waals surface area contributed by atoms with E-state index in [0.29, 0.717) is 22.6 Å². The van der Waals surface area contributed by atoms with Crippen molar-refractivity contribution in [2.24, 2.45) is 10.2 Å². The zero-order valence-electron chi connectivity index (χ0n) is 24.3. The van der Waals surface area contributed by atoms with Gasteiger partial charge in [0.25, 0.3) is 25.9 Å². The molecule has 6 rings (SSSR count). The van der Waals surface area contributed by atoms with Crippen LogP contribution < -0.4 is 0 Å². The van der Waals surface area contributed by atoms with Crippen molar-refractivity contribution in [2.45, 2.75) is 23.1 Å². The molecule has 0 saturated carbocycles. The van der Waals surface area contributed by atoms with E-state index in [1.807, 2.05) is 6.07 Å². The van der Waals surface area contributed by atoms with Gasteiger partial charge in [0.1, 0.15) is 16.5 Å². The second-order valence-electron chi connectivity index (χ2n) is 10.2. The van der Waals surface area contributed by atoms with Crippen molar-refractivity contribution in [1.29, 1.82) is 5.26 Å². The number of hydrogen-bond donors (Lipinski definition) is 3. The minimum absolute atomic E-state index is 0.0559. The average Bonchev–Trinajstić information content (AvgIpc) is 3.69. The van der Waals surface area contributed by atoms with E-state index < -0.39 is 40.6 Å². The van der Waals surface area contributed by atoms with E-state index in [1.54, 1.807) is 42.5 Å². The zero-order chi connectivity index (χ0) is 34.4. The summed E-state index contributed by atoms with van der Waals surface area (Å²) < 4.78 is 70.0. The lowest BCUT2D eigenvalue weighted by atomic mass is 10.1. The van der Waals surface area contributed by atoms with Crippen LogP contribution in [0.4, 0.5) is 17.2 Å². The third-order valence-electron chi connectivity index (χ3n) is 7.02. The fourth-order valence-electron chi connectivity index (χ4n) is 4.80. The zero-order valence-corrected chi connectivity index (χ0v) is 26.0. The number of benzene rings is 3. The Hall–Kier alpha value is -6.14. The van der Waals surface area contributed by atoms with Crippen molar-refractivity contribution in [2.75, 3.05) is 0 Å². The van der Waals surface area contributed by atoms with Crippen LogP contribution in [0.1, 0.15) is 22.6 Å². The molecule has 3 aromatic carbocycles. The third kappa shape index (κ3) is 6.04. The van der Waals surface area contributed by atoms with Crippen molar-refractivity contribution in [1.82, 2.24) is 29.6 Å². The Balaban J connectivity index is 1.51. The predicted molar refractivity (Wildman–Crippen MR) is 165 cm³/mol. The van der Waals surface area contributed by atoms with Gasteiger partial charge < -0.3 is 0 Å². The summed E-state index contributed by atoms with van der Waals surface area (Å²) in [6.07, 6.45) is 0.206. The van der Waals surface area contributed by atoms with Gasteiger partial charge in [0, 0.05) is 24.1 Å². The summed E-state index contributed by atoms with van der Waals surface area (Å²) in [5.74, 6) is -0.0130. The van der Waals surface area contributed by atoms with E-state index >= 15 is 0 Å². The number of nitro benzene ring substituents is 1. The smallest absolute Gasteiger partial charge is 0.282 e. The number of fused-ring (bicyclic) bond motifs is 1. The van der Waals surface area contributed by atoms with Gasteiger partial charge in [0.2, 0.25) is 5.65 Å². The van der Waals surface area contributed by atoms with Gasteiger partial charge in [-0.2, -0.15) is 31.8 Å². The Morgan fingerprint density at radius 1 is 0.979 bits per heavy atom. The summed E-state index contributed by atoms with van der Waals surface area (Å²) in [6.45, 7) is 1.42. The first kappa shape index (κ1) is 31.8. The Morgan fingerprint density at radius 2 is 1.69 bits per heavy atom. The number of hydrogen-bond acceptors (Lipinski definition) is 12. The Labute approximate surface area is 270 Å². The molecule has 242 valence electrons. The minimum atomic E-state index is -4.98. The van der Waals surface area contributed by atoms with Crippen LogP contribution >= 0.6 is 0 Å². The molecule has 0 spiro atoms. The van der Waals surface area contributed by atoms with Gasteiger partial charge in [-0.05, 0) is 30.7 Å². The fraction of sp³-hybridized carbons (Fsp3) is 0.0714. The molecule has 3 N–H and O–H groups in total. The van der Waals surface area contributed by atoms with Crippen LogP contribution in [0.2, 0.25) is 0 Å². The van der Waals surface area contributed by atoms with Crippen LogP contribution in [-0.4, -0.2) is 60.5 Å². The maximum absolute atomic E-state index is 12.3. The molecule has 0 fully saturated rings. The van der Waals surface area contributed by atoms with Crippen LogP contribution in [0.5, 0.6) is 0 Å². The van der Waals surface area contributed by atoms with Crippen molar-refractivity contribution in [3.05, 3.63) is 106 Å². The number of nitrogens with zero attached hydrogens (tertiary/aromatic N) is 9. The highest BCUT2D eigenvalue weighted by Crippen LogP contribution is 2.36. The topological polar surface area (TPSA) is 264 Å². The number of H-pyrrole nitrogens is 1. The van der Waals surface area contributed by atoms with Crippen molar-refractivity contribution in [3.8, 4) is 23.0 Å². The highest BCUT2D eigenvalue weighted by Gasteiger charge is 2.26. The summed E-state index contributed by atoms with van der Waals surface area (Å²) in [4.78, 5) is 13.6. The minimum Gasteiger partial charge on any atom is -0.282 e. The van der Waals surface area contributed by atoms with Gasteiger partial charge in [-0.25, -0.2) is 9.67 Å². The van der Waals surface area contributed by atoms with Crippen LogP contribution in [0, 0.1) is 28.4 Å². The molecule has 0 unspecified atom stereocenters. The molecule has 3 heterocycles. The molecule has 48 heavy (non-hydrogen) atoms. The van der Waals surface area contributed by atoms with Gasteiger partial charge >= 0.3 is 0 Å². The molecule has 0 amide bonds. The third-order valence-corrected chi connectivity index (χ3v) is 8.77. The van der Waals surface area contributed by atoms with Gasteiger partial charge in [-0.1, -0.05) is 42.5 Å². The first-order valence-corrected chi connectivity index (χ1v) is 16.4. The largest absolute Gasteiger partial charge is 0.296 e. The number of nitriles is 1. The van der Waals surface area contributed by atoms with Gasteiger partial charge in [-0.15, -0.1) is 15.3 Å². The van der Waals surface area contributed by atoms with E-state index in [1.165, 1.54) is 23.7 Å². The number of non-ortho nitro benzene ring substituents is 1. The van der Waals surface area contributed by atoms with Gasteiger partial charge in [-0.3, -0.25) is 24.3 Å². The Kier molecular flexibility index (Phi) is 7.89. The molecule has 18 nitrogen and oxygen atoms in total. The summed E-state index contributed by atoms with van der Waals surface area (Å²) in [5, 5.41) is 41.3. The molecule has 0 aliphatic carbocycles. The Bertz CT molecular complexity index is 2530. The van der Waals surface area contributed by atoms with Crippen LogP contribution in [-0.2, 0) is 26.7 Å². The summed E-state index contributed by atoms with van der Waals surface area (Å²) >= 11 is 0.